The molecule has 78 valence electrons. The van der Waals surface area contributed by atoms with Gasteiger partial charge in [-0.2, -0.15) is 0 Å². The Labute approximate surface area is 81.3 Å². The second-order valence-electron chi connectivity index (χ2n) is 3.69. The van der Waals surface area contributed by atoms with Gasteiger partial charge < -0.3 is 10.6 Å². The number of carbonyl (C=O) groups is 1. The minimum absolute atomic E-state index is 0.0790. The molecule has 3 atom stereocenters. The van der Waals surface area contributed by atoms with Crippen molar-refractivity contribution in [3.8, 4) is 0 Å². The number of rotatable bonds is 5. The zero-order valence-electron chi connectivity index (χ0n) is 9.35. The van der Waals surface area contributed by atoms with E-state index in [-0.39, 0.29) is 18.0 Å². The van der Waals surface area contributed by atoms with Gasteiger partial charge in [-0.05, 0) is 26.8 Å². The zero-order valence-corrected chi connectivity index (χ0v) is 9.35. The van der Waals surface area contributed by atoms with Crippen molar-refractivity contribution in [3.63, 3.8) is 0 Å². The highest BCUT2D eigenvalue weighted by molar-refractivity contribution is 5.81. The van der Waals surface area contributed by atoms with E-state index in [1.165, 1.54) is 0 Å². The first-order chi connectivity index (χ1) is 6.02. The van der Waals surface area contributed by atoms with Crippen molar-refractivity contribution >= 4 is 5.91 Å². The maximum Gasteiger partial charge on any atom is 0.237 e. The molecular formula is C10H22N2O. The Morgan fingerprint density at radius 2 is 1.85 bits per heavy atom. The summed E-state index contributed by atoms with van der Waals surface area (Å²) in [5, 5.41) is 5.89. The molecule has 0 aromatic carbocycles. The van der Waals surface area contributed by atoms with Crippen molar-refractivity contribution in [1.82, 2.24) is 10.6 Å². The van der Waals surface area contributed by atoms with E-state index in [9.17, 15) is 4.79 Å². The zero-order chi connectivity index (χ0) is 10.4. The van der Waals surface area contributed by atoms with Crippen LogP contribution in [0.15, 0.2) is 0 Å². The summed E-state index contributed by atoms with van der Waals surface area (Å²) in [4.78, 5) is 11.4. The van der Waals surface area contributed by atoms with Crippen LogP contribution in [-0.4, -0.2) is 25.0 Å². The lowest BCUT2D eigenvalue weighted by Gasteiger charge is -2.21. The fourth-order valence-electron chi connectivity index (χ4n) is 0.976. The van der Waals surface area contributed by atoms with Gasteiger partial charge in [0.05, 0.1) is 6.04 Å². The topological polar surface area (TPSA) is 41.1 Å². The van der Waals surface area contributed by atoms with Crippen LogP contribution in [0.1, 0.15) is 34.1 Å². The molecule has 2 N–H and O–H groups in total. The van der Waals surface area contributed by atoms with E-state index < -0.39 is 0 Å². The van der Waals surface area contributed by atoms with Gasteiger partial charge in [0, 0.05) is 6.04 Å². The Hall–Kier alpha value is -0.570. The molecule has 0 fully saturated rings. The fraction of sp³-hybridized carbons (Fsp3) is 0.900. The Bertz CT molecular complexity index is 159. The number of hydrogen-bond acceptors (Lipinski definition) is 2. The number of hydrogen-bond donors (Lipinski definition) is 2. The third kappa shape index (κ3) is 4.27. The maximum atomic E-state index is 11.4. The lowest BCUT2D eigenvalue weighted by Crippen LogP contribution is -2.46. The predicted octanol–water partition coefficient (Wildman–Crippen LogP) is 1.15. The van der Waals surface area contributed by atoms with Crippen molar-refractivity contribution < 1.29 is 4.79 Å². The minimum Gasteiger partial charge on any atom is -0.352 e. The molecule has 3 heteroatoms. The summed E-state index contributed by atoms with van der Waals surface area (Å²) in [7, 11) is 1.79. The SMILES string of the molecule is CCC(C)C(C)NC(=O)C(C)NC. The van der Waals surface area contributed by atoms with Gasteiger partial charge in [-0.25, -0.2) is 0 Å². The lowest BCUT2D eigenvalue weighted by atomic mass is 10.0. The molecule has 0 spiro atoms. The molecule has 0 aromatic heterocycles. The van der Waals surface area contributed by atoms with Crippen LogP contribution in [0.4, 0.5) is 0 Å². The Morgan fingerprint density at radius 1 is 1.31 bits per heavy atom. The monoisotopic (exact) mass is 186 g/mol. The van der Waals surface area contributed by atoms with Gasteiger partial charge in [-0.3, -0.25) is 4.79 Å². The standard InChI is InChI=1S/C10H22N2O/c1-6-7(2)8(3)12-10(13)9(4)11-5/h7-9,11H,6H2,1-5H3,(H,12,13). The molecule has 0 rings (SSSR count). The average Bonchev–Trinajstić information content (AvgIpc) is 2.14. The van der Waals surface area contributed by atoms with E-state index in [0.29, 0.717) is 5.92 Å². The number of amides is 1. The molecule has 0 aliphatic rings. The van der Waals surface area contributed by atoms with Gasteiger partial charge in [-0.15, -0.1) is 0 Å². The van der Waals surface area contributed by atoms with Crippen molar-refractivity contribution in [1.29, 1.82) is 0 Å². The summed E-state index contributed by atoms with van der Waals surface area (Å²) >= 11 is 0. The van der Waals surface area contributed by atoms with E-state index in [4.69, 9.17) is 0 Å². The van der Waals surface area contributed by atoms with Crippen LogP contribution in [0.3, 0.4) is 0 Å². The molecule has 3 unspecified atom stereocenters. The molecular weight excluding hydrogens is 164 g/mol. The number of carbonyl (C=O) groups excluding carboxylic acids is 1. The number of nitrogens with one attached hydrogen (secondary N) is 2. The molecule has 0 saturated heterocycles. The molecule has 3 nitrogen and oxygen atoms in total. The summed E-state index contributed by atoms with van der Waals surface area (Å²) < 4.78 is 0. The van der Waals surface area contributed by atoms with Gasteiger partial charge in [0.15, 0.2) is 0 Å². The van der Waals surface area contributed by atoms with Crippen molar-refractivity contribution in [2.24, 2.45) is 5.92 Å². The van der Waals surface area contributed by atoms with E-state index >= 15 is 0 Å². The second-order valence-corrected chi connectivity index (χ2v) is 3.69. The van der Waals surface area contributed by atoms with Gasteiger partial charge in [0.2, 0.25) is 5.91 Å². The first-order valence-electron chi connectivity index (χ1n) is 5.00. The highest BCUT2D eigenvalue weighted by Gasteiger charge is 2.16. The summed E-state index contributed by atoms with van der Waals surface area (Å²) in [6.45, 7) is 8.19. The Balaban J connectivity index is 3.91. The third-order valence-electron chi connectivity index (χ3n) is 2.69. The van der Waals surface area contributed by atoms with Crippen molar-refractivity contribution in [2.75, 3.05) is 7.05 Å². The smallest absolute Gasteiger partial charge is 0.237 e. The second kappa shape index (κ2) is 5.97. The molecule has 0 radical (unpaired) electrons. The van der Waals surface area contributed by atoms with Gasteiger partial charge in [0.1, 0.15) is 0 Å². The summed E-state index contributed by atoms with van der Waals surface area (Å²) in [5.41, 5.74) is 0. The summed E-state index contributed by atoms with van der Waals surface area (Å²) in [5.74, 6) is 0.614. The largest absolute Gasteiger partial charge is 0.352 e. The Kier molecular flexibility index (Phi) is 5.71. The summed E-state index contributed by atoms with van der Waals surface area (Å²) in [6, 6.07) is 0.153. The highest BCUT2D eigenvalue weighted by Crippen LogP contribution is 2.06. The van der Waals surface area contributed by atoms with Crippen LogP contribution in [0.5, 0.6) is 0 Å². The normalized spacial score (nSPS) is 17.6. The van der Waals surface area contributed by atoms with Gasteiger partial charge in [0.25, 0.3) is 0 Å². The molecule has 0 saturated carbocycles. The average molecular weight is 186 g/mol. The lowest BCUT2D eigenvalue weighted by molar-refractivity contribution is -0.123. The van der Waals surface area contributed by atoms with Crippen LogP contribution >= 0.6 is 0 Å². The first-order valence-corrected chi connectivity index (χ1v) is 5.00. The van der Waals surface area contributed by atoms with Crippen molar-refractivity contribution in [3.05, 3.63) is 0 Å². The van der Waals surface area contributed by atoms with Crippen LogP contribution in [0, 0.1) is 5.92 Å². The number of likely N-dealkylation sites (N-methyl/N-ethyl adjacent to an activating group) is 1. The Morgan fingerprint density at radius 3 is 2.23 bits per heavy atom. The van der Waals surface area contributed by atoms with Gasteiger partial charge >= 0.3 is 0 Å². The van der Waals surface area contributed by atoms with E-state index in [1.807, 2.05) is 6.92 Å². The van der Waals surface area contributed by atoms with E-state index in [0.717, 1.165) is 6.42 Å². The van der Waals surface area contributed by atoms with Crippen LogP contribution in [0.25, 0.3) is 0 Å². The third-order valence-corrected chi connectivity index (χ3v) is 2.69. The fourth-order valence-corrected chi connectivity index (χ4v) is 0.976. The van der Waals surface area contributed by atoms with Crippen molar-refractivity contribution in [2.45, 2.75) is 46.2 Å². The minimum atomic E-state index is -0.105. The quantitative estimate of drug-likeness (QED) is 0.676. The van der Waals surface area contributed by atoms with Crippen LogP contribution < -0.4 is 10.6 Å². The van der Waals surface area contributed by atoms with Crippen LogP contribution in [0.2, 0.25) is 0 Å². The molecule has 1 amide bonds. The molecule has 0 bridgehead atoms. The predicted molar refractivity (Wildman–Crippen MR) is 55.6 cm³/mol. The molecule has 0 aliphatic heterocycles. The van der Waals surface area contributed by atoms with E-state index in [2.05, 4.69) is 31.4 Å². The molecule has 0 aliphatic carbocycles. The molecule has 13 heavy (non-hydrogen) atoms. The maximum absolute atomic E-state index is 11.4. The first kappa shape index (κ1) is 12.4. The van der Waals surface area contributed by atoms with Gasteiger partial charge in [-0.1, -0.05) is 20.3 Å². The van der Waals surface area contributed by atoms with E-state index in [1.54, 1.807) is 7.05 Å². The molecule has 0 heterocycles. The molecule has 0 aromatic rings. The highest BCUT2D eigenvalue weighted by atomic mass is 16.2. The van der Waals surface area contributed by atoms with Crippen LogP contribution in [-0.2, 0) is 4.79 Å². The summed E-state index contributed by atoms with van der Waals surface area (Å²) in [6.07, 6.45) is 1.09.